The molecule has 4 heteroatoms. The van der Waals surface area contributed by atoms with E-state index in [1.165, 1.54) is 5.56 Å². The second-order valence-corrected chi connectivity index (χ2v) is 4.17. The van der Waals surface area contributed by atoms with Gasteiger partial charge in [0.05, 0.1) is 0 Å². The minimum atomic E-state index is -0.0649. The second kappa shape index (κ2) is 6.91. The molecule has 0 fully saturated rings. The molecule has 2 amide bonds. The third kappa shape index (κ3) is 4.87. The van der Waals surface area contributed by atoms with Crippen molar-refractivity contribution >= 4 is 11.7 Å². The Labute approximate surface area is 103 Å². The zero-order chi connectivity index (χ0) is 12.7. The molecule has 0 radical (unpaired) electrons. The summed E-state index contributed by atoms with van der Waals surface area (Å²) in [5, 5.41) is 5.92. The molecular formula is C13H21N3O. The molecule has 0 bridgehead atoms. The van der Waals surface area contributed by atoms with Crippen LogP contribution in [0.3, 0.4) is 0 Å². The number of carbonyl (C=O) groups is 1. The summed E-state index contributed by atoms with van der Waals surface area (Å²) in [5.74, 6) is 0. The van der Waals surface area contributed by atoms with E-state index in [-0.39, 0.29) is 6.03 Å². The summed E-state index contributed by atoms with van der Waals surface area (Å²) in [6, 6.07) is 7.72. The predicted molar refractivity (Wildman–Crippen MR) is 71.4 cm³/mol. The molecule has 0 aliphatic rings. The summed E-state index contributed by atoms with van der Waals surface area (Å²) in [4.78, 5) is 13.5. The molecule has 1 aromatic rings. The number of nitrogens with zero attached hydrogens (tertiary/aromatic N) is 1. The van der Waals surface area contributed by atoms with E-state index in [0.29, 0.717) is 0 Å². The molecule has 0 saturated carbocycles. The average Bonchev–Trinajstić information content (AvgIpc) is 2.32. The highest BCUT2D eigenvalue weighted by Gasteiger charge is 2.07. The Morgan fingerprint density at radius 3 is 2.53 bits per heavy atom. The van der Waals surface area contributed by atoms with E-state index in [0.717, 1.165) is 25.2 Å². The van der Waals surface area contributed by atoms with Crippen LogP contribution in [-0.4, -0.2) is 38.1 Å². The van der Waals surface area contributed by atoms with Crippen molar-refractivity contribution in [1.82, 2.24) is 10.2 Å². The molecule has 0 unspecified atom stereocenters. The van der Waals surface area contributed by atoms with Crippen LogP contribution in [0.25, 0.3) is 0 Å². The third-order valence-corrected chi connectivity index (χ3v) is 2.57. The number of carbonyl (C=O) groups excluding carboxylic acids is 1. The standard InChI is InChI=1S/C13H21N3O/c1-11-5-7-12(8-6-11)15-13(17)16(3)10-4-9-14-2/h5-8,14H,4,9-10H2,1-3H3,(H,15,17). The zero-order valence-electron chi connectivity index (χ0n) is 10.8. The molecule has 94 valence electrons. The lowest BCUT2D eigenvalue weighted by molar-refractivity contribution is 0.222. The minimum Gasteiger partial charge on any atom is -0.328 e. The quantitative estimate of drug-likeness (QED) is 0.767. The first-order valence-electron chi connectivity index (χ1n) is 5.87. The van der Waals surface area contributed by atoms with E-state index in [9.17, 15) is 4.79 Å². The van der Waals surface area contributed by atoms with Crippen LogP contribution >= 0.6 is 0 Å². The van der Waals surface area contributed by atoms with Crippen LogP contribution in [0.5, 0.6) is 0 Å². The molecule has 1 rings (SSSR count). The first kappa shape index (κ1) is 13.5. The van der Waals surface area contributed by atoms with Crippen LogP contribution < -0.4 is 10.6 Å². The van der Waals surface area contributed by atoms with Gasteiger partial charge in [-0.05, 0) is 39.1 Å². The van der Waals surface area contributed by atoms with Gasteiger partial charge in [0.2, 0.25) is 0 Å². The topological polar surface area (TPSA) is 44.4 Å². The number of rotatable bonds is 5. The number of aryl methyl sites for hydroxylation is 1. The van der Waals surface area contributed by atoms with Crippen LogP contribution in [0.15, 0.2) is 24.3 Å². The highest BCUT2D eigenvalue weighted by Crippen LogP contribution is 2.09. The molecule has 4 nitrogen and oxygen atoms in total. The maximum atomic E-state index is 11.8. The van der Waals surface area contributed by atoms with Gasteiger partial charge >= 0.3 is 6.03 Å². The number of nitrogens with one attached hydrogen (secondary N) is 2. The number of amides is 2. The Balaban J connectivity index is 2.40. The summed E-state index contributed by atoms with van der Waals surface area (Å²) in [7, 11) is 3.71. The maximum Gasteiger partial charge on any atom is 0.321 e. The molecular weight excluding hydrogens is 214 g/mol. The van der Waals surface area contributed by atoms with Gasteiger partial charge in [-0.25, -0.2) is 4.79 Å². The molecule has 0 aliphatic heterocycles. The van der Waals surface area contributed by atoms with Gasteiger partial charge in [-0.2, -0.15) is 0 Å². The minimum absolute atomic E-state index is 0.0649. The Hall–Kier alpha value is -1.55. The number of hydrogen-bond acceptors (Lipinski definition) is 2. The van der Waals surface area contributed by atoms with Crippen LogP contribution in [-0.2, 0) is 0 Å². The Bertz CT molecular complexity index is 348. The summed E-state index contributed by atoms with van der Waals surface area (Å²) in [6.07, 6.45) is 0.953. The number of benzene rings is 1. The van der Waals surface area contributed by atoms with Crippen molar-refractivity contribution in [3.8, 4) is 0 Å². The number of urea groups is 1. The van der Waals surface area contributed by atoms with E-state index in [2.05, 4.69) is 10.6 Å². The highest BCUT2D eigenvalue weighted by molar-refractivity contribution is 5.89. The van der Waals surface area contributed by atoms with Gasteiger partial charge in [-0.3, -0.25) is 0 Å². The molecule has 0 spiro atoms. The Kier molecular flexibility index (Phi) is 5.49. The number of hydrogen-bond donors (Lipinski definition) is 2. The molecule has 1 aromatic carbocycles. The van der Waals surface area contributed by atoms with Crippen molar-refractivity contribution in [2.45, 2.75) is 13.3 Å². The lowest BCUT2D eigenvalue weighted by Gasteiger charge is -2.17. The maximum absolute atomic E-state index is 11.8. The van der Waals surface area contributed by atoms with Crippen molar-refractivity contribution in [3.63, 3.8) is 0 Å². The van der Waals surface area contributed by atoms with Crippen molar-refractivity contribution in [3.05, 3.63) is 29.8 Å². The van der Waals surface area contributed by atoms with E-state index in [1.807, 2.05) is 38.2 Å². The van der Waals surface area contributed by atoms with Crippen LogP contribution in [0, 0.1) is 6.92 Å². The van der Waals surface area contributed by atoms with Crippen LogP contribution in [0.4, 0.5) is 10.5 Å². The second-order valence-electron chi connectivity index (χ2n) is 4.17. The molecule has 2 N–H and O–H groups in total. The van der Waals surface area contributed by atoms with E-state index >= 15 is 0 Å². The van der Waals surface area contributed by atoms with Gasteiger partial charge < -0.3 is 15.5 Å². The third-order valence-electron chi connectivity index (χ3n) is 2.57. The highest BCUT2D eigenvalue weighted by atomic mass is 16.2. The molecule has 0 aliphatic carbocycles. The van der Waals surface area contributed by atoms with Crippen molar-refractivity contribution < 1.29 is 4.79 Å². The van der Waals surface area contributed by atoms with Gasteiger partial charge in [0.1, 0.15) is 0 Å². The fourth-order valence-electron chi connectivity index (χ4n) is 1.45. The smallest absolute Gasteiger partial charge is 0.321 e. The van der Waals surface area contributed by atoms with Crippen molar-refractivity contribution in [2.24, 2.45) is 0 Å². The average molecular weight is 235 g/mol. The fourth-order valence-corrected chi connectivity index (χ4v) is 1.45. The lowest BCUT2D eigenvalue weighted by atomic mass is 10.2. The Morgan fingerprint density at radius 1 is 1.29 bits per heavy atom. The summed E-state index contributed by atoms with van der Waals surface area (Å²) < 4.78 is 0. The largest absolute Gasteiger partial charge is 0.328 e. The monoisotopic (exact) mass is 235 g/mol. The molecule has 0 heterocycles. The lowest BCUT2D eigenvalue weighted by Crippen LogP contribution is -2.33. The summed E-state index contributed by atoms with van der Waals surface area (Å²) in [6.45, 7) is 3.69. The number of anilines is 1. The predicted octanol–water partition coefficient (Wildman–Crippen LogP) is 2.07. The van der Waals surface area contributed by atoms with Gasteiger partial charge in [-0.1, -0.05) is 17.7 Å². The SMILES string of the molecule is CNCCCN(C)C(=O)Nc1ccc(C)cc1. The van der Waals surface area contributed by atoms with Gasteiger partial charge in [-0.15, -0.1) is 0 Å². The molecule has 0 aromatic heterocycles. The molecule has 17 heavy (non-hydrogen) atoms. The van der Waals surface area contributed by atoms with Gasteiger partial charge in [0.15, 0.2) is 0 Å². The normalized spacial score (nSPS) is 10.1. The summed E-state index contributed by atoms with van der Waals surface area (Å²) >= 11 is 0. The Morgan fingerprint density at radius 2 is 1.94 bits per heavy atom. The van der Waals surface area contributed by atoms with E-state index in [1.54, 1.807) is 11.9 Å². The van der Waals surface area contributed by atoms with E-state index < -0.39 is 0 Å². The zero-order valence-corrected chi connectivity index (χ0v) is 10.8. The van der Waals surface area contributed by atoms with Crippen molar-refractivity contribution in [2.75, 3.05) is 32.5 Å². The fraction of sp³-hybridized carbons (Fsp3) is 0.462. The molecule has 0 atom stereocenters. The van der Waals surface area contributed by atoms with Gasteiger partial charge in [0, 0.05) is 19.3 Å². The van der Waals surface area contributed by atoms with Crippen LogP contribution in [0.1, 0.15) is 12.0 Å². The first-order valence-corrected chi connectivity index (χ1v) is 5.87. The van der Waals surface area contributed by atoms with E-state index in [4.69, 9.17) is 0 Å². The van der Waals surface area contributed by atoms with Gasteiger partial charge in [0.25, 0.3) is 0 Å². The van der Waals surface area contributed by atoms with Crippen LogP contribution in [0.2, 0.25) is 0 Å². The van der Waals surface area contributed by atoms with Crippen molar-refractivity contribution in [1.29, 1.82) is 0 Å². The summed E-state index contributed by atoms with van der Waals surface area (Å²) in [5.41, 5.74) is 2.02. The molecule has 0 saturated heterocycles. The first-order chi connectivity index (χ1) is 8.13.